The Morgan fingerprint density at radius 3 is 2.53 bits per heavy atom. The molecule has 0 radical (unpaired) electrons. The summed E-state index contributed by atoms with van der Waals surface area (Å²) in [6.45, 7) is 1.44. The number of ketones is 1. The number of hydrogen-bond acceptors (Lipinski definition) is 3. The van der Waals surface area contributed by atoms with E-state index in [1.54, 1.807) is 31.2 Å². The maximum absolute atomic E-state index is 12.0. The van der Waals surface area contributed by atoms with Gasteiger partial charge in [0.25, 0.3) is 5.56 Å². The number of benzene rings is 1. The first-order chi connectivity index (χ1) is 8.97. The fourth-order valence-electron chi connectivity index (χ4n) is 1.62. The Kier molecular flexibility index (Phi) is 3.66. The summed E-state index contributed by atoms with van der Waals surface area (Å²) < 4.78 is 1.17. The fraction of sp³-hybridized carbons (Fsp3) is 0.154. The number of aryl methyl sites for hydroxylation is 1. The largest absolute Gasteiger partial charge is 0.328 e. The minimum Gasteiger partial charge on any atom is -0.293 e. The van der Waals surface area contributed by atoms with Gasteiger partial charge in [-0.2, -0.15) is 0 Å². The Bertz CT molecular complexity index is 729. The molecule has 0 amide bonds. The molecule has 0 bridgehead atoms. The van der Waals surface area contributed by atoms with Gasteiger partial charge in [0, 0.05) is 22.3 Å². The fourth-order valence-corrected chi connectivity index (χ4v) is 1.74. The maximum Gasteiger partial charge on any atom is 0.328 e. The number of aromatic nitrogens is 2. The molecule has 0 saturated heterocycles. The first-order valence-electron chi connectivity index (χ1n) is 5.56. The van der Waals surface area contributed by atoms with E-state index in [0.29, 0.717) is 16.1 Å². The van der Waals surface area contributed by atoms with Crippen molar-refractivity contribution in [2.75, 3.05) is 0 Å². The summed E-state index contributed by atoms with van der Waals surface area (Å²) in [6.07, 6.45) is 1.37. The van der Waals surface area contributed by atoms with E-state index in [4.69, 9.17) is 11.6 Å². The molecule has 0 aliphatic rings. The van der Waals surface area contributed by atoms with Gasteiger partial charge in [-0.25, -0.2) is 4.79 Å². The van der Waals surface area contributed by atoms with Crippen LogP contribution < -0.4 is 11.2 Å². The summed E-state index contributed by atoms with van der Waals surface area (Å²) in [7, 11) is 0. The summed E-state index contributed by atoms with van der Waals surface area (Å²) in [4.78, 5) is 36.9. The second kappa shape index (κ2) is 5.24. The van der Waals surface area contributed by atoms with E-state index in [9.17, 15) is 14.4 Å². The lowest BCUT2D eigenvalue weighted by molar-refractivity contribution is 0.0970. The van der Waals surface area contributed by atoms with Crippen molar-refractivity contribution in [1.82, 2.24) is 9.55 Å². The van der Waals surface area contributed by atoms with Crippen LogP contribution >= 0.6 is 11.6 Å². The second-order valence-corrected chi connectivity index (χ2v) is 4.57. The zero-order valence-electron chi connectivity index (χ0n) is 10.1. The third kappa shape index (κ3) is 3.00. The van der Waals surface area contributed by atoms with Gasteiger partial charge in [-0.15, -0.1) is 0 Å². The van der Waals surface area contributed by atoms with Gasteiger partial charge in [0.05, 0.1) is 6.54 Å². The Labute approximate surface area is 113 Å². The molecule has 6 heteroatoms. The third-order valence-electron chi connectivity index (χ3n) is 2.67. The van der Waals surface area contributed by atoms with Gasteiger partial charge in [0.1, 0.15) is 0 Å². The highest BCUT2D eigenvalue weighted by Gasteiger charge is 2.09. The van der Waals surface area contributed by atoms with Crippen LogP contribution in [0.5, 0.6) is 0 Å². The quantitative estimate of drug-likeness (QED) is 0.862. The van der Waals surface area contributed by atoms with Gasteiger partial charge in [0.15, 0.2) is 5.78 Å². The predicted molar refractivity (Wildman–Crippen MR) is 71.8 cm³/mol. The van der Waals surface area contributed by atoms with Crippen molar-refractivity contribution in [3.05, 3.63) is 67.4 Å². The van der Waals surface area contributed by atoms with Crippen LogP contribution in [-0.2, 0) is 6.54 Å². The van der Waals surface area contributed by atoms with Crippen LogP contribution in [0.3, 0.4) is 0 Å². The van der Waals surface area contributed by atoms with Crippen LogP contribution in [0.2, 0.25) is 5.02 Å². The molecule has 1 N–H and O–H groups in total. The first kappa shape index (κ1) is 13.3. The van der Waals surface area contributed by atoms with Crippen molar-refractivity contribution in [2.45, 2.75) is 13.5 Å². The Hall–Kier alpha value is -2.14. The molecule has 0 unspecified atom stereocenters. The van der Waals surface area contributed by atoms with Crippen molar-refractivity contribution < 1.29 is 4.79 Å². The molecule has 5 nitrogen and oxygen atoms in total. The molecule has 0 atom stereocenters. The smallest absolute Gasteiger partial charge is 0.293 e. The van der Waals surface area contributed by atoms with Crippen LogP contribution in [0.4, 0.5) is 0 Å². The molecular weight excluding hydrogens is 268 g/mol. The van der Waals surface area contributed by atoms with Gasteiger partial charge in [-0.05, 0) is 31.2 Å². The van der Waals surface area contributed by atoms with E-state index in [2.05, 4.69) is 4.98 Å². The van der Waals surface area contributed by atoms with Crippen LogP contribution in [0.25, 0.3) is 0 Å². The van der Waals surface area contributed by atoms with Crippen molar-refractivity contribution in [3.8, 4) is 0 Å². The SMILES string of the molecule is Cc1cn(CC(=O)c2ccc(Cl)cc2)c(=O)[nH]c1=O. The lowest BCUT2D eigenvalue weighted by Gasteiger charge is -2.05. The predicted octanol–water partition coefficient (Wildman–Crippen LogP) is 1.38. The molecule has 2 rings (SSSR count). The number of halogens is 1. The number of H-pyrrole nitrogens is 1. The maximum atomic E-state index is 12.0. The topological polar surface area (TPSA) is 71.9 Å². The van der Waals surface area contributed by atoms with Crippen LogP contribution in [0.1, 0.15) is 15.9 Å². The second-order valence-electron chi connectivity index (χ2n) is 4.13. The minimum atomic E-state index is -0.599. The molecule has 0 aliphatic heterocycles. The number of carbonyl (C=O) groups is 1. The minimum absolute atomic E-state index is 0.127. The van der Waals surface area contributed by atoms with Gasteiger partial charge in [-0.3, -0.25) is 19.1 Å². The average Bonchev–Trinajstić information content (AvgIpc) is 2.36. The molecule has 0 fully saturated rings. The van der Waals surface area contributed by atoms with Gasteiger partial charge in [0.2, 0.25) is 0 Å². The monoisotopic (exact) mass is 278 g/mol. The third-order valence-corrected chi connectivity index (χ3v) is 2.92. The van der Waals surface area contributed by atoms with Crippen molar-refractivity contribution in [3.63, 3.8) is 0 Å². The van der Waals surface area contributed by atoms with E-state index in [1.165, 1.54) is 10.8 Å². The number of nitrogens with zero attached hydrogens (tertiary/aromatic N) is 1. The molecule has 0 spiro atoms. The van der Waals surface area contributed by atoms with Crippen molar-refractivity contribution in [1.29, 1.82) is 0 Å². The molecule has 1 aromatic carbocycles. The molecule has 1 heterocycles. The molecule has 19 heavy (non-hydrogen) atoms. The standard InChI is InChI=1S/C13H11ClN2O3/c1-8-6-16(13(19)15-12(8)18)7-11(17)9-2-4-10(14)5-3-9/h2-6H,7H2,1H3,(H,15,18,19). The van der Waals surface area contributed by atoms with Crippen LogP contribution in [-0.4, -0.2) is 15.3 Å². The van der Waals surface area contributed by atoms with E-state index in [-0.39, 0.29) is 12.3 Å². The molecular formula is C13H11ClN2O3. The lowest BCUT2D eigenvalue weighted by Crippen LogP contribution is -2.32. The molecule has 0 aliphatic carbocycles. The number of nitrogens with one attached hydrogen (secondary N) is 1. The highest BCUT2D eigenvalue weighted by molar-refractivity contribution is 6.30. The normalized spacial score (nSPS) is 10.4. The molecule has 1 aromatic heterocycles. The summed E-state index contributed by atoms with van der Waals surface area (Å²) >= 11 is 5.73. The number of rotatable bonds is 3. The molecule has 0 saturated carbocycles. The highest BCUT2D eigenvalue weighted by Crippen LogP contribution is 2.10. The number of hydrogen-bond donors (Lipinski definition) is 1. The van der Waals surface area contributed by atoms with Crippen molar-refractivity contribution in [2.24, 2.45) is 0 Å². The van der Waals surface area contributed by atoms with Crippen LogP contribution in [0, 0.1) is 6.92 Å². The molecule has 98 valence electrons. The zero-order valence-corrected chi connectivity index (χ0v) is 10.9. The van der Waals surface area contributed by atoms with Crippen molar-refractivity contribution >= 4 is 17.4 Å². The summed E-state index contributed by atoms with van der Waals surface area (Å²) in [5.41, 5.74) is -0.207. The van der Waals surface area contributed by atoms with E-state index < -0.39 is 11.2 Å². The summed E-state index contributed by atoms with van der Waals surface area (Å²) in [5, 5.41) is 0.536. The van der Waals surface area contributed by atoms with Gasteiger partial charge < -0.3 is 0 Å². The van der Waals surface area contributed by atoms with E-state index in [1.807, 2.05) is 0 Å². The zero-order chi connectivity index (χ0) is 14.0. The molecule has 2 aromatic rings. The summed E-state index contributed by atoms with van der Waals surface area (Å²) in [6, 6.07) is 6.40. The number of Topliss-reactive ketones (excluding diaryl/α,β-unsaturated/α-hetero) is 1. The average molecular weight is 279 g/mol. The highest BCUT2D eigenvalue weighted by atomic mass is 35.5. The van der Waals surface area contributed by atoms with Gasteiger partial charge in [-0.1, -0.05) is 11.6 Å². The van der Waals surface area contributed by atoms with E-state index >= 15 is 0 Å². The van der Waals surface area contributed by atoms with E-state index in [0.717, 1.165) is 0 Å². The first-order valence-corrected chi connectivity index (χ1v) is 5.94. The summed E-state index contributed by atoms with van der Waals surface area (Å²) in [5.74, 6) is -0.231. The number of carbonyl (C=O) groups excluding carboxylic acids is 1. The van der Waals surface area contributed by atoms with Gasteiger partial charge >= 0.3 is 5.69 Å². The Morgan fingerprint density at radius 1 is 1.26 bits per heavy atom. The number of aromatic amines is 1. The Morgan fingerprint density at radius 2 is 1.89 bits per heavy atom. The van der Waals surface area contributed by atoms with Crippen LogP contribution in [0.15, 0.2) is 40.1 Å². The lowest BCUT2D eigenvalue weighted by atomic mass is 10.1. The Balaban J connectivity index is 2.29.